The molecule has 0 aliphatic heterocycles. The Morgan fingerprint density at radius 1 is 1.00 bits per heavy atom. The van der Waals surface area contributed by atoms with Gasteiger partial charge < -0.3 is 4.90 Å². The van der Waals surface area contributed by atoms with E-state index in [1.54, 1.807) is 11.3 Å². The third-order valence-electron chi connectivity index (χ3n) is 5.53. The van der Waals surface area contributed by atoms with Gasteiger partial charge in [0.2, 0.25) is 5.91 Å². The fraction of sp³-hybridized carbons (Fsp3) is 0.417. The predicted octanol–water partition coefficient (Wildman–Crippen LogP) is 5.64. The number of hydrogen-bond donors (Lipinski definition) is 0. The number of anilines is 1. The smallest absolute Gasteiger partial charge is 0.229 e. The van der Waals surface area contributed by atoms with E-state index >= 15 is 0 Å². The predicted molar refractivity (Wildman–Crippen MR) is 131 cm³/mol. The Hall–Kier alpha value is -1.95. The zero-order chi connectivity index (χ0) is 20.8. The molecule has 162 valence electrons. The first-order chi connectivity index (χ1) is 14.0. The Labute approximate surface area is 190 Å². The Bertz CT molecular complexity index is 915. The van der Waals surface area contributed by atoms with Crippen molar-refractivity contribution in [2.24, 2.45) is 0 Å². The van der Waals surface area contributed by atoms with E-state index in [-0.39, 0.29) is 18.3 Å². The normalized spacial score (nSPS) is 11.0. The topological polar surface area (TPSA) is 36.4 Å². The van der Waals surface area contributed by atoms with Gasteiger partial charge in [-0.15, -0.1) is 12.4 Å². The molecule has 0 saturated carbocycles. The summed E-state index contributed by atoms with van der Waals surface area (Å²) < 4.78 is 1.15. The van der Waals surface area contributed by atoms with Crippen LogP contribution in [0.5, 0.6) is 0 Å². The lowest BCUT2D eigenvalue weighted by Crippen LogP contribution is -2.39. The van der Waals surface area contributed by atoms with E-state index < -0.39 is 0 Å². The third-order valence-corrected chi connectivity index (χ3v) is 6.57. The van der Waals surface area contributed by atoms with Crippen LogP contribution >= 0.6 is 23.7 Å². The van der Waals surface area contributed by atoms with Gasteiger partial charge in [0.1, 0.15) is 0 Å². The van der Waals surface area contributed by atoms with Crippen LogP contribution in [0.3, 0.4) is 0 Å². The minimum atomic E-state index is 0. The highest BCUT2D eigenvalue weighted by molar-refractivity contribution is 7.22. The average molecular weight is 446 g/mol. The van der Waals surface area contributed by atoms with E-state index in [9.17, 15) is 4.79 Å². The fourth-order valence-corrected chi connectivity index (χ4v) is 4.51. The van der Waals surface area contributed by atoms with Gasteiger partial charge in [0.05, 0.1) is 10.2 Å². The second-order valence-electron chi connectivity index (χ2n) is 7.46. The van der Waals surface area contributed by atoms with E-state index in [4.69, 9.17) is 4.98 Å². The molecule has 1 aromatic heterocycles. The molecule has 0 spiro atoms. The summed E-state index contributed by atoms with van der Waals surface area (Å²) >= 11 is 1.62. The zero-order valence-electron chi connectivity index (χ0n) is 18.4. The van der Waals surface area contributed by atoms with Crippen LogP contribution in [-0.2, 0) is 11.2 Å². The molecule has 4 nitrogen and oxygen atoms in total. The van der Waals surface area contributed by atoms with Crippen LogP contribution in [0.1, 0.15) is 37.0 Å². The van der Waals surface area contributed by atoms with Crippen LogP contribution in [0.2, 0.25) is 0 Å². The Morgan fingerprint density at radius 2 is 1.67 bits per heavy atom. The first-order valence-electron chi connectivity index (χ1n) is 10.5. The van der Waals surface area contributed by atoms with Gasteiger partial charge in [-0.2, -0.15) is 0 Å². The molecule has 0 aliphatic rings. The summed E-state index contributed by atoms with van der Waals surface area (Å²) in [6, 6.07) is 14.5. The van der Waals surface area contributed by atoms with Crippen molar-refractivity contribution in [1.82, 2.24) is 9.88 Å². The van der Waals surface area contributed by atoms with E-state index in [1.165, 1.54) is 16.7 Å². The molecule has 0 fully saturated rings. The molecular formula is C24H32ClN3OS. The second kappa shape index (κ2) is 11.4. The standard InChI is InChI=1S/C24H31N3OS.ClH/c1-5-26(6-2)14-15-27(23(28)13-12-20-10-8-7-9-11-20)24-25-21-16-18(3)19(4)17-22(21)29-24;/h7-11,16-17H,5-6,12-15H2,1-4H3;1H. The molecular weight excluding hydrogens is 414 g/mol. The molecule has 0 radical (unpaired) electrons. The maximum atomic E-state index is 13.2. The highest BCUT2D eigenvalue weighted by Crippen LogP contribution is 2.31. The molecule has 3 rings (SSSR count). The molecule has 0 N–H and O–H groups in total. The zero-order valence-corrected chi connectivity index (χ0v) is 20.0. The number of benzene rings is 2. The second-order valence-corrected chi connectivity index (χ2v) is 8.47. The van der Waals surface area contributed by atoms with Crippen molar-refractivity contribution in [3.63, 3.8) is 0 Å². The monoisotopic (exact) mass is 445 g/mol. The number of carbonyl (C=O) groups is 1. The molecule has 2 aromatic carbocycles. The first-order valence-corrected chi connectivity index (χ1v) is 11.3. The molecule has 0 atom stereocenters. The molecule has 30 heavy (non-hydrogen) atoms. The van der Waals surface area contributed by atoms with Crippen molar-refractivity contribution in [1.29, 1.82) is 0 Å². The number of rotatable bonds is 9. The summed E-state index contributed by atoms with van der Waals surface area (Å²) in [6.45, 7) is 12.1. The molecule has 0 aliphatic carbocycles. The maximum Gasteiger partial charge on any atom is 0.229 e. The fourth-order valence-electron chi connectivity index (χ4n) is 3.42. The lowest BCUT2D eigenvalue weighted by atomic mass is 10.1. The molecule has 0 unspecified atom stereocenters. The highest BCUT2D eigenvalue weighted by Gasteiger charge is 2.20. The van der Waals surface area contributed by atoms with Gasteiger partial charge in [-0.3, -0.25) is 9.69 Å². The van der Waals surface area contributed by atoms with Gasteiger partial charge in [-0.05, 0) is 62.2 Å². The number of amides is 1. The summed E-state index contributed by atoms with van der Waals surface area (Å²) in [5.74, 6) is 0.147. The van der Waals surface area contributed by atoms with Crippen molar-refractivity contribution in [2.45, 2.75) is 40.5 Å². The number of halogens is 1. The van der Waals surface area contributed by atoms with Gasteiger partial charge in [-0.1, -0.05) is 55.5 Å². The van der Waals surface area contributed by atoms with Gasteiger partial charge in [0.15, 0.2) is 5.13 Å². The van der Waals surface area contributed by atoms with Crippen LogP contribution in [0, 0.1) is 13.8 Å². The van der Waals surface area contributed by atoms with Crippen molar-refractivity contribution in [2.75, 3.05) is 31.1 Å². The lowest BCUT2D eigenvalue weighted by Gasteiger charge is -2.24. The molecule has 3 aromatic rings. The van der Waals surface area contributed by atoms with Gasteiger partial charge in [-0.25, -0.2) is 4.98 Å². The Morgan fingerprint density at radius 3 is 2.33 bits per heavy atom. The van der Waals surface area contributed by atoms with E-state index in [0.29, 0.717) is 13.0 Å². The largest absolute Gasteiger partial charge is 0.302 e. The van der Waals surface area contributed by atoms with Gasteiger partial charge >= 0.3 is 0 Å². The summed E-state index contributed by atoms with van der Waals surface area (Å²) in [5.41, 5.74) is 4.68. The molecule has 1 amide bonds. The average Bonchev–Trinajstić information content (AvgIpc) is 3.12. The quantitative estimate of drug-likeness (QED) is 0.427. The number of fused-ring (bicyclic) bond motifs is 1. The summed E-state index contributed by atoms with van der Waals surface area (Å²) in [5, 5.41) is 0.815. The number of thiazole rings is 1. The van der Waals surface area contributed by atoms with Gasteiger partial charge in [0.25, 0.3) is 0 Å². The van der Waals surface area contributed by atoms with Crippen molar-refractivity contribution < 1.29 is 4.79 Å². The van der Waals surface area contributed by atoms with Crippen LogP contribution in [0.15, 0.2) is 42.5 Å². The lowest BCUT2D eigenvalue weighted by molar-refractivity contribution is -0.118. The van der Waals surface area contributed by atoms with Crippen LogP contribution in [0.25, 0.3) is 10.2 Å². The summed E-state index contributed by atoms with van der Waals surface area (Å²) in [4.78, 5) is 22.3. The van der Waals surface area contributed by atoms with Crippen molar-refractivity contribution >= 4 is 45.0 Å². The van der Waals surface area contributed by atoms with E-state index in [1.807, 2.05) is 23.1 Å². The third kappa shape index (κ3) is 6.03. The number of nitrogens with zero attached hydrogens (tertiary/aromatic N) is 3. The van der Waals surface area contributed by atoms with Crippen molar-refractivity contribution in [3.8, 4) is 0 Å². The summed E-state index contributed by atoms with van der Waals surface area (Å²) in [6.07, 6.45) is 1.25. The molecule has 0 bridgehead atoms. The van der Waals surface area contributed by atoms with E-state index in [2.05, 4.69) is 56.9 Å². The molecule has 1 heterocycles. The Kier molecular flexibility index (Phi) is 9.28. The highest BCUT2D eigenvalue weighted by atomic mass is 35.5. The minimum Gasteiger partial charge on any atom is -0.302 e. The van der Waals surface area contributed by atoms with Crippen LogP contribution in [0.4, 0.5) is 5.13 Å². The van der Waals surface area contributed by atoms with Crippen molar-refractivity contribution in [3.05, 3.63) is 59.2 Å². The van der Waals surface area contributed by atoms with Crippen LogP contribution < -0.4 is 4.90 Å². The Balaban J connectivity index is 0.00000320. The van der Waals surface area contributed by atoms with Gasteiger partial charge in [0, 0.05) is 19.5 Å². The number of carbonyl (C=O) groups excluding carboxylic acids is 1. The molecule has 6 heteroatoms. The minimum absolute atomic E-state index is 0. The summed E-state index contributed by atoms with van der Waals surface area (Å²) in [7, 11) is 0. The number of likely N-dealkylation sites (N-methyl/N-ethyl adjacent to an activating group) is 1. The molecule has 0 saturated heterocycles. The number of hydrogen-bond acceptors (Lipinski definition) is 4. The number of aryl methyl sites for hydroxylation is 3. The maximum absolute atomic E-state index is 13.2. The first kappa shape index (κ1) is 24.3. The SMILES string of the molecule is CCN(CC)CCN(C(=O)CCc1ccccc1)c1nc2cc(C)c(C)cc2s1.Cl. The van der Waals surface area contributed by atoms with Crippen LogP contribution in [-0.4, -0.2) is 42.0 Å². The van der Waals surface area contributed by atoms with E-state index in [0.717, 1.165) is 41.4 Å². The number of aromatic nitrogens is 1.